The maximum atomic E-state index is 10.7. The van der Waals surface area contributed by atoms with Crippen molar-refractivity contribution >= 4 is 6.09 Å². The Morgan fingerprint density at radius 1 is 1.23 bits per heavy atom. The average Bonchev–Trinajstić information content (AvgIpc) is 2.40. The zero-order chi connectivity index (χ0) is 11.1. The van der Waals surface area contributed by atoms with Crippen molar-refractivity contribution < 1.29 is 9.53 Å². The maximum absolute atomic E-state index is 10.7. The van der Waals surface area contributed by atoms with Gasteiger partial charge in [0, 0.05) is 7.05 Å². The van der Waals surface area contributed by atoms with Crippen molar-refractivity contribution in [2.45, 2.75) is 47.1 Å². The molecule has 0 N–H and O–H groups in total. The van der Waals surface area contributed by atoms with Gasteiger partial charge < -0.3 is 9.64 Å². The van der Waals surface area contributed by atoms with Gasteiger partial charge in [0.05, 0.1) is 5.54 Å². The minimum absolute atomic E-state index is 0.114. The van der Waals surface area contributed by atoms with Crippen molar-refractivity contribution in [2.75, 3.05) is 13.7 Å². The molecule has 0 radical (unpaired) electrons. The lowest BCUT2D eigenvalue weighted by atomic mass is 10.1. The minimum Gasteiger partial charge on any atom is -0.447 e. The molecule has 1 rings (SSSR count). The first-order valence-electron chi connectivity index (χ1n) is 4.94. The standard InChI is InChI=1S/C6H11NO2.2C2H6/c1-6(2)4-9-5(8)7(6)3;2*1-2/h4H2,1-3H3;2*1-2H3. The lowest BCUT2D eigenvalue weighted by Crippen LogP contribution is -2.38. The van der Waals surface area contributed by atoms with E-state index in [2.05, 4.69) is 0 Å². The van der Waals surface area contributed by atoms with Crippen LogP contribution in [0.3, 0.4) is 0 Å². The van der Waals surface area contributed by atoms with Crippen molar-refractivity contribution in [1.82, 2.24) is 4.90 Å². The molecule has 0 aromatic heterocycles. The van der Waals surface area contributed by atoms with E-state index in [4.69, 9.17) is 4.74 Å². The highest BCUT2D eigenvalue weighted by Gasteiger charge is 2.36. The highest BCUT2D eigenvalue weighted by atomic mass is 16.6. The van der Waals surface area contributed by atoms with Crippen LogP contribution in [0.4, 0.5) is 4.79 Å². The summed E-state index contributed by atoms with van der Waals surface area (Å²) in [7, 11) is 1.75. The molecule has 0 spiro atoms. The number of cyclic esters (lactones) is 1. The van der Waals surface area contributed by atoms with E-state index >= 15 is 0 Å². The lowest BCUT2D eigenvalue weighted by molar-refractivity contribution is 0.163. The van der Waals surface area contributed by atoms with Crippen LogP contribution in [0.15, 0.2) is 0 Å². The highest BCUT2D eigenvalue weighted by Crippen LogP contribution is 2.20. The van der Waals surface area contributed by atoms with Crippen LogP contribution in [0.25, 0.3) is 0 Å². The number of amides is 1. The van der Waals surface area contributed by atoms with Crippen LogP contribution in [0.5, 0.6) is 0 Å². The Hall–Kier alpha value is -0.730. The van der Waals surface area contributed by atoms with Gasteiger partial charge in [0.2, 0.25) is 0 Å². The SMILES string of the molecule is CC.CC.CN1C(=O)OCC1(C)C. The van der Waals surface area contributed by atoms with Gasteiger partial charge in [0.25, 0.3) is 0 Å². The summed E-state index contributed by atoms with van der Waals surface area (Å²) >= 11 is 0. The van der Waals surface area contributed by atoms with Crippen LogP contribution in [-0.4, -0.2) is 30.2 Å². The molecule has 80 valence electrons. The molecule has 1 amide bonds. The topological polar surface area (TPSA) is 29.5 Å². The molecule has 1 saturated heterocycles. The largest absolute Gasteiger partial charge is 0.447 e. The Bertz CT molecular complexity index is 144. The summed E-state index contributed by atoms with van der Waals surface area (Å²) in [6.07, 6.45) is -0.222. The Morgan fingerprint density at radius 2 is 1.62 bits per heavy atom. The van der Waals surface area contributed by atoms with Crippen molar-refractivity contribution in [3.05, 3.63) is 0 Å². The van der Waals surface area contributed by atoms with Gasteiger partial charge in [-0.25, -0.2) is 4.79 Å². The molecule has 0 aromatic rings. The number of carbonyl (C=O) groups is 1. The number of hydrogen-bond acceptors (Lipinski definition) is 2. The summed E-state index contributed by atoms with van der Waals surface area (Å²) < 4.78 is 4.77. The molecule has 0 aliphatic carbocycles. The molecule has 1 heterocycles. The molecule has 0 bridgehead atoms. The summed E-state index contributed by atoms with van der Waals surface area (Å²) in [6.45, 7) is 12.4. The quantitative estimate of drug-likeness (QED) is 0.586. The van der Waals surface area contributed by atoms with Gasteiger partial charge in [-0.05, 0) is 13.8 Å². The second kappa shape index (κ2) is 6.75. The monoisotopic (exact) mass is 189 g/mol. The number of ether oxygens (including phenoxy) is 1. The minimum atomic E-state index is -0.222. The molecule has 1 aliphatic heterocycles. The summed E-state index contributed by atoms with van der Waals surface area (Å²) in [5.74, 6) is 0. The summed E-state index contributed by atoms with van der Waals surface area (Å²) in [5.41, 5.74) is -0.114. The Labute approximate surface area is 82.1 Å². The molecular formula is C10H23NO2. The molecule has 0 saturated carbocycles. The van der Waals surface area contributed by atoms with Crippen LogP contribution in [0.2, 0.25) is 0 Å². The molecule has 0 unspecified atom stereocenters. The van der Waals surface area contributed by atoms with E-state index in [9.17, 15) is 4.79 Å². The van der Waals surface area contributed by atoms with Crippen molar-refractivity contribution in [1.29, 1.82) is 0 Å². The third kappa shape index (κ3) is 4.15. The Morgan fingerprint density at radius 3 is 1.69 bits per heavy atom. The average molecular weight is 189 g/mol. The van der Waals surface area contributed by atoms with E-state index in [0.29, 0.717) is 6.61 Å². The first-order chi connectivity index (χ1) is 6.04. The Kier molecular flexibility index (Phi) is 7.67. The van der Waals surface area contributed by atoms with E-state index in [1.54, 1.807) is 11.9 Å². The van der Waals surface area contributed by atoms with Gasteiger partial charge in [0.1, 0.15) is 6.61 Å². The number of nitrogens with zero attached hydrogens (tertiary/aromatic N) is 1. The number of hydrogen-bond donors (Lipinski definition) is 0. The van der Waals surface area contributed by atoms with Crippen LogP contribution < -0.4 is 0 Å². The van der Waals surface area contributed by atoms with Crippen LogP contribution in [-0.2, 0) is 4.74 Å². The van der Waals surface area contributed by atoms with Gasteiger partial charge in [-0.2, -0.15) is 0 Å². The second-order valence-electron chi connectivity index (χ2n) is 2.93. The van der Waals surface area contributed by atoms with Gasteiger partial charge in [0.15, 0.2) is 0 Å². The van der Waals surface area contributed by atoms with Crippen molar-refractivity contribution in [3.63, 3.8) is 0 Å². The predicted molar refractivity (Wildman–Crippen MR) is 55.9 cm³/mol. The molecule has 0 atom stereocenters. The van der Waals surface area contributed by atoms with Crippen LogP contribution in [0, 0.1) is 0 Å². The summed E-state index contributed by atoms with van der Waals surface area (Å²) in [5, 5.41) is 0. The molecule has 0 aromatic carbocycles. The predicted octanol–water partition coefficient (Wildman–Crippen LogP) is 2.90. The zero-order valence-electron chi connectivity index (χ0n) is 9.97. The zero-order valence-corrected chi connectivity index (χ0v) is 9.97. The summed E-state index contributed by atoms with van der Waals surface area (Å²) in [6, 6.07) is 0. The fraction of sp³-hybridized carbons (Fsp3) is 0.900. The fourth-order valence-electron chi connectivity index (χ4n) is 0.679. The number of carbonyl (C=O) groups excluding carboxylic acids is 1. The van der Waals surface area contributed by atoms with E-state index in [0.717, 1.165) is 0 Å². The van der Waals surface area contributed by atoms with E-state index in [-0.39, 0.29) is 11.6 Å². The van der Waals surface area contributed by atoms with Gasteiger partial charge >= 0.3 is 6.09 Å². The third-order valence-electron chi connectivity index (χ3n) is 1.73. The lowest BCUT2D eigenvalue weighted by Gasteiger charge is -2.22. The number of likely N-dealkylation sites (N-methyl/N-ethyl adjacent to an activating group) is 1. The third-order valence-corrected chi connectivity index (χ3v) is 1.73. The summed E-state index contributed by atoms with van der Waals surface area (Å²) in [4.78, 5) is 12.3. The molecule has 3 heteroatoms. The second-order valence-corrected chi connectivity index (χ2v) is 2.93. The first-order valence-corrected chi connectivity index (χ1v) is 4.94. The molecule has 3 nitrogen and oxygen atoms in total. The Balaban J connectivity index is 0. The van der Waals surface area contributed by atoms with Gasteiger partial charge in [-0.1, -0.05) is 27.7 Å². The first kappa shape index (κ1) is 14.8. The molecule has 1 aliphatic rings. The van der Waals surface area contributed by atoms with Gasteiger partial charge in [-0.3, -0.25) is 0 Å². The molecule has 13 heavy (non-hydrogen) atoms. The normalized spacial score (nSPS) is 17.8. The van der Waals surface area contributed by atoms with Gasteiger partial charge in [-0.15, -0.1) is 0 Å². The van der Waals surface area contributed by atoms with Crippen molar-refractivity contribution in [3.8, 4) is 0 Å². The van der Waals surface area contributed by atoms with Crippen molar-refractivity contribution in [2.24, 2.45) is 0 Å². The smallest absolute Gasteiger partial charge is 0.410 e. The number of rotatable bonds is 0. The molecular weight excluding hydrogens is 166 g/mol. The van der Waals surface area contributed by atoms with E-state index in [1.165, 1.54) is 0 Å². The fourth-order valence-corrected chi connectivity index (χ4v) is 0.679. The van der Waals surface area contributed by atoms with E-state index in [1.807, 2.05) is 41.5 Å². The van der Waals surface area contributed by atoms with Crippen LogP contribution >= 0.6 is 0 Å². The van der Waals surface area contributed by atoms with E-state index < -0.39 is 0 Å². The highest BCUT2D eigenvalue weighted by molar-refractivity contribution is 5.70. The van der Waals surface area contributed by atoms with Crippen LogP contribution in [0.1, 0.15) is 41.5 Å². The molecule has 1 fully saturated rings. The maximum Gasteiger partial charge on any atom is 0.410 e.